The number of ether oxygens (including phenoxy) is 2. The minimum absolute atomic E-state index is 0.0914. The topological polar surface area (TPSA) is 97.0 Å². The molecule has 0 spiro atoms. The van der Waals surface area contributed by atoms with Crippen LogP contribution in [0.15, 0.2) is 66.9 Å². The highest BCUT2D eigenvalue weighted by molar-refractivity contribution is 6.14. The molecule has 8 nitrogen and oxygen atoms in total. The van der Waals surface area contributed by atoms with E-state index in [-0.39, 0.29) is 30.5 Å². The van der Waals surface area contributed by atoms with Crippen molar-refractivity contribution in [2.24, 2.45) is 0 Å². The molecule has 0 saturated carbocycles. The maximum atomic E-state index is 12.4. The van der Waals surface area contributed by atoms with Crippen molar-refractivity contribution >= 4 is 29.6 Å². The second-order valence-electron chi connectivity index (χ2n) is 6.27. The summed E-state index contributed by atoms with van der Waals surface area (Å²) >= 11 is 0. The van der Waals surface area contributed by atoms with Crippen molar-refractivity contribution in [2.45, 2.75) is 0 Å². The van der Waals surface area contributed by atoms with E-state index in [1.165, 1.54) is 19.3 Å². The zero-order chi connectivity index (χ0) is 21.5. The Morgan fingerprint density at radius 2 is 1.93 bits per heavy atom. The first-order valence-corrected chi connectivity index (χ1v) is 9.13. The molecule has 4 amide bonds. The van der Waals surface area contributed by atoms with E-state index in [1.54, 1.807) is 30.3 Å². The van der Waals surface area contributed by atoms with Crippen LogP contribution in [0, 0.1) is 0 Å². The Balaban J connectivity index is 1.80. The van der Waals surface area contributed by atoms with E-state index in [0.29, 0.717) is 17.0 Å². The summed E-state index contributed by atoms with van der Waals surface area (Å²) < 4.78 is 11.0. The fourth-order valence-electron chi connectivity index (χ4n) is 2.84. The third-order valence-electron chi connectivity index (χ3n) is 4.21. The van der Waals surface area contributed by atoms with Gasteiger partial charge in [-0.2, -0.15) is 0 Å². The third-order valence-corrected chi connectivity index (χ3v) is 4.21. The molecule has 0 aliphatic carbocycles. The first kappa shape index (κ1) is 20.7. The van der Waals surface area contributed by atoms with Crippen LogP contribution < -0.4 is 20.1 Å². The number of imide groups is 1. The molecule has 8 heteroatoms. The van der Waals surface area contributed by atoms with Crippen molar-refractivity contribution in [1.29, 1.82) is 0 Å². The molecule has 0 radical (unpaired) electrons. The summed E-state index contributed by atoms with van der Waals surface area (Å²) in [7, 11) is 1.47. The lowest BCUT2D eigenvalue weighted by atomic mass is 10.1. The molecule has 0 unspecified atom stereocenters. The van der Waals surface area contributed by atoms with Crippen LogP contribution in [0.4, 0.5) is 10.5 Å². The highest BCUT2D eigenvalue weighted by Crippen LogP contribution is 2.33. The Labute approximate surface area is 173 Å². The van der Waals surface area contributed by atoms with Crippen molar-refractivity contribution < 1.29 is 23.9 Å². The van der Waals surface area contributed by atoms with Gasteiger partial charge in [0.05, 0.1) is 7.11 Å². The van der Waals surface area contributed by atoms with E-state index in [2.05, 4.69) is 17.2 Å². The Kier molecular flexibility index (Phi) is 6.49. The molecular formula is C22H21N3O5. The van der Waals surface area contributed by atoms with Crippen LogP contribution >= 0.6 is 0 Å². The Morgan fingerprint density at radius 1 is 1.17 bits per heavy atom. The number of nitrogens with one attached hydrogen (secondary N) is 2. The van der Waals surface area contributed by atoms with Crippen LogP contribution in [0.25, 0.3) is 6.08 Å². The molecule has 2 N–H and O–H groups in total. The van der Waals surface area contributed by atoms with Crippen LogP contribution in [-0.2, 0) is 9.59 Å². The first-order valence-electron chi connectivity index (χ1n) is 9.13. The lowest BCUT2D eigenvalue weighted by Gasteiger charge is -2.14. The SMILES string of the molecule is C=CCN1C(=O)N/C(=C/c2cccc(OC)c2OCC(=O)Nc2ccccc2)C1=O. The standard InChI is InChI=1S/C22H21N3O5/c1-3-12-25-21(27)17(24-22(25)28)13-15-8-7-11-18(29-2)20(15)30-14-19(26)23-16-9-5-4-6-10-16/h3-11,13H,1,12,14H2,2H3,(H,23,26)(H,24,28)/b17-13+. The normalized spacial score (nSPS) is 14.4. The van der Waals surface area contributed by atoms with Gasteiger partial charge in [-0.25, -0.2) is 4.79 Å². The van der Waals surface area contributed by atoms with Gasteiger partial charge < -0.3 is 20.1 Å². The van der Waals surface area contributed by atoms with E-state index < -0.39 is 11.9 Å². The average Bonchev–Trinajstić information content (AvgIpc) is 3.01. The highest BCUT2D eigenvalue weighted by Gasteiger charge is 2.32. The fraction of sp³-hybridized carbons (Fsp3) is 0.136. The summed E-state index contributed by atoms with van der Waals surface area (Å²) in [5, 5.41) is 5.25. The van der Waals surface area contributed by atoms with Crippen LogP contribution in [0.5, 0.6) is 11.5 Å². The van der Waals surface area contributed by atoms with Gasteiger partial charge in [-0.15, -0.1) is 6.58 Å². The molecule has 1 fully saturated rings. The van der Waals surface area contributed by atoms with Gasteiger partial charge in [0, 0.05) is 17.8 Å². The zero-order valence-electron chi connectivity index (χ0n) is 16.4. The molecule has 0 aromatic heterocycles. The van der Waals surface area contributed by atoms with Gasteiger partial charge in [0.1, 0.15) is 5.70 Å². The molecule has 154 valence electrons. The van der Waals surface area contributed by atoms with Crippen LogP contribution in [0.2, 0.25) is 0 Å². The van der Waals surface area contributed by atoms with E-state index in [9.17, 15) is 14.4 Å². The van der Waals surface area contributed by atoms with E-state index in [4.69, 9.17) is 9.47 Å². The number of methoxy groups -OCH3 is 1. The molecule has 30 heavy (non-hydrogen) atoms. The number of anilines is 1. The van der Waals surface area contributed by atoms with Gasteiger partial charge in [0.25, 0.3) is 11.8 Å². The van der Waals surface area contributed by atoms with Crippen molar-refractivity contribution in [2.75, 3.05) is 25.6 Å². The van der Waals surface area contributed by atoms with Crippen LogP contribution in [0.3, 0.4) is 0 Å². The van der Waals surface area contributed by atoms with Crippen LogP contribution in [0.1, 0.15) is 5.56 Å². The molecule has 2 aromatic rings. The van der Waals surface area contributed by atoms with Crippen molar-refractivity contribution in [3.8, 4) is 11.5 Å². The lowest BCUT2D eigenvalue weighted by molar-refractivity contribution is -0.122. The molecular weight excluding hydrogens is 386 g/mol. The van der Waals surface area contributed by atoms with Gasteiger partial charge in [0.15, 0.2) is 18.1 Å². The highest BCUT2D eigenvalue weighted by atomic mass is 16.5. The number of nitrogens with zero attached hydrogens (tertiary/aromatic N) is 1. The maximum Gasteiger partial charge on any atom is 0.329 e. The number of rotatable bonds is 8. The molecule has 1 heterocycles. The number of para-hydroxylation sites is 2. The summed E-state index contributed by atoms with van der Waals surface area (Å²) in [5.74, 6) is -0.167. The largest absolute Gasteiger partial charge is 0.493 e. The zero-order valence-corrected chi connectivity index (χ0v) is 16.4. The summed E-state index contributed by atoms with van der Waals surface area (Å²) in [6.45, 7) is 3.37. The van der Waals surface area contributed by atoms with Gasteiger partial charge in [0.2, 0.25) is 0 Å². The second-order valence-corrected chi connectivity index (χ2v) is 6.27. The third kappa shape index (κ3) is 4.67. The minimum atomic E-state index is -0.529. The predicted octanol–water partition coefficient (Wildman–Crippen LogP) is 2.79. The molecule has 1 saturated heterocycles. The lowest BCUT2D eigenvalue weighted by Crippen LogP contribution is -2.30. The second kappa shape index (κ2) is 9.42. The molecule has 0 bridgehead atoms. The monoisotopic (exact) mass is 407 g/mol. The van der Waals surface area contributed by atoms with Crippen LogP contribution in [-0.4, -0.2) is 43.0 Å². The van der Waals surface area contributed by atoms with Gasteiger partial charge in [-0.3, -0.25) is 14.5 Å². The molecule has 1 aliphatic heterocycles. The quantitative estimate of drug-likeness (QED) is 0.398. The molecule has 1 aliphatic rings. The Morgan fingerprint density at radius 3 is 2.63 bits per heavy atom. The number of carbonyl (C=O) groups is 3. The molecule has 2 aromatic carbocycles. The van der Waals surface area contributed by atoms with Crippen molar-refractivity contribution in [1.82, 2.24) is 10.2 Å². The summed E-state index contributed by atoms with van der Waals surface area (Å²) in [4.78, 5) is 37.7. The summed E-state index contributed by atoms with van der Waals surface area (Å²) in [6.07, 6.45) is 2.95. The number of benzene rings is 2. The van der Waals surface area contributed by atoms with E-state index >= 15 is 0 Å². The number of urea groups is 1. The summed E-state index contributed by atoms with van der Waals surface area (Å²) in [6, 6.07) is 13.5. The summed E-state index contributed by atoms with van der Waals surface area (Å²) in [5.41, 5.74) is 1.22. The van der Waals surface area contributed by atoms with Crippen molar-refractivity contribution in [3.63, 3.8) is 0 Å². The van der Waals surface area contributed by atoms with E-state index in [1.807, 2.05) is 18.2 Å². The first-order chi connectivity index (χ1) is 14.5. The number of hydrogen-bond acceptors (Lipinski definition) is 5. The van der Waals surface area contributed by atoms with E-state index in [0.717, 1.165) is 4.90 Å². The number of amides is 4. The minimum Gasteiger partial charge on any atom is -0.493 e. The number of hydrogen-bond donors (Lipinski definition) is 2. The van der Waals surface area contributed by atoms with Gasteiger partial charge in [-0.05, 0) is 24.3 Å². The van der Waals surface area contributed by atoms with Gasteiger partial charge >= 0.3 is 6.03 Å². The predicted molar refractivity (Wildman–Crippen MR) is 112 cm³/mol. The maximum absolute atomic E-state index is 12.4. The fourth-order valence-corrected chi connectivity index (χ4v) is 2.84. The average molecular weight is 407 g/mol. The Hall–Kier alpha value is -4.07. The molecule has 0 atom stereocenters. The van der Waals surface area contributed by atoms with Crippen molar-refractivity contribution in [3.05, 3.63) is 72.4 Å². The molecule has 3 rings (SSSR count). The smallest absolute Gasteiger partial charge is 0.329 e. The van der Waals surface area contributed by atoms with Gasteiger partial charge in [-0.1, -0.05) is 36.4 Å². The number of carbonyl (C=O) groups excluding carboxylic acids is 3. The Bertz CT molecular complexity index is 1000.